The number of para-hydroxylation sites is 1. The number of fused-ring (bicyclic) bond motifs is 1. The maximum atomic E-state index is 13.5. The summed E-state index contributed by atoms with van der Waals surface area (Å²) in [7, 11) is 1.74. The molecule has 2 atom stereocenters. The maximum Gasteiger partial charge on any atom is 0.416 e. The van der Waals surface area contributed by atoms with E-state index in [1.165, 1.54) is 4.90 Å². The standard InChI is InChI=1S/C31H26F6N2O3/c1-38-26-10-6-5-9-20(26)16-27(38)29(41)42-25-11-12-39(24(18-25)13-19-7-3-2-4-8-19)28(40)21-14-22(30(32,33)34)17-23(15-21)31(35,36)37/h2-10,14-17,24-25H,11-13,18H2,1H3/t24-,25+/m1/s1. The number of rotatable bonds is 5. The first-order valence-electron chi connectivity index (χ1n) is 13.2. The molecule has 0 spiro atoms. The molecule has 0 aliphatic carbocycles. The minimum Gasteiger partial charge on any atom is -0.458 e. The fourth-order valence-electron chi connectivity index (χ4n) is 5.41. The Morgan fingerprint density at radius 3 is 2.10 bits per heavy atom. The predicted molar refractivity (Wildman–Crippen MR) is 143 cm³/mol. The Balaban J connectivity index is 1.42. The van der Waals surface area contributed by atoms with Crippen molar-refractivity contribution in [2.75, 3.05) is 6.54 Å². The third kappa shape index (κ3) is 6.14. The normalized spacial score (nSPS) is 17.8. The summed E-state index contributed by atoms with van der Waals surface area (Å²) in [5.41, 5.74) is -1.84. The number of piperidine rings is 1. The fourth-order valence-corrected chi connectivity index (χ4v) is 5.41. The molecule has 1 amide bonds. The van der Waals surface area contributed by atoms with Crippen LogP contribution in [0, 0.1) is 0 Å². The predicted octanol–water partition coefficient (Wildman–Crippen LogP) is 7.29. The van der Waals surface area contributed by atoms with E-state index in [1.807, 2.05) is 24.3 Å². The highest BCUT2D eigenvalue weighted by Gasteiger charge is 2.40. The van der Waals surface area contributed by atoms with Gasteiger partial charge in [-0.3, -0.25) is 4.79 Å². The van der Waals surface area contributed by atoms with E-state index in [0.29, 0.717) is 17.8 Å². The quantitative estimate of drug-likeness (QED) is 0.182. The van der Waals surface area contributed by atoms with Crippen LogP contribution in [0.15, 0.2) is 78.9 Å². The summed E-state index contributed by atoms with van der Waals surface area (Å²) in [5, 5.41) is 0.855. The van der Waals surface area contributed by atoms with Crippen molar-refractivity contribution in [3.63, 3.8) is 0 Å². The van der Waals surface area contributed by atoms with Crippen LogP contribution in [0.25, 0.3) is 10.9 Å². The highest BCUT2D eigenvalue weighted by molar-refractivity contribution is 5.96. The van der Waals surface area contributed by atoms with Crippen LogP contribution in [-0.2, 0) is 30.6 Å². The summed E-state index contributed by atoms with van der Waals surface area (Å²) in [4.78, 5) is 27.9. The molecule has 220 valence electrons. The summed E-state index contributed by atoms with van der Waals surface area (Å²) in [6, 6.07) is 18.3. The minimum atomic E-state index is -5.08. The average Bonchev–Trinajstić information content (AvgIpc) is 3.29. The summed E-state index contributed by atoms with van der Waals surface area (Å²) >= 11 is 0. The first kappa shape index (κ1) is 29.2. The SMILES string of the molecule is Cn1c(C(=O)O[C@H]2CCN(C(=O)c3cc(C(F)(F)F)cc(C(F)(F)F)c3)[C@H](Cc3ccccc3)C2)cc2ccccc21. The lowest BCUT2D eigenvalue weighted by Crippen LogP contribution is -2.49. The van der Waals surface area contributed by atoms with Crippen molar-refractivity contribution in [1.82, 2.24) is 9.47 Å². The topological polar surface area (TPSA) is 51.5 Å². The fraction of sp³-hybridized carbons (Fsp3) is 0.290. The van der Waals surface area contributed by atoms with E-state index in [4.69, 9.17) is 4.74 Å². The van der Waals surface area contributed by atoms with Gasteiger partial charge in [-0.25, -0.2) is 4.79 Å². The molecule has 2 heterocycles. The van der Waals surface area contributed by atoms with Gasteiger partial charge in [-0.2, -0.15) is 26.3 Å². The van der Waals surface area contributed by atoms with Crippen LogP contribution in [0.1, 0.15) is 50.4 Å². The van der Waals surface area contributed by atoms with Crippen LogP contribution in [0.3, 0.4) is 0 Å². The molecule has 42 heavy (non-hydrogen) atoms. The van der Waals surface area contributed by atoms with E-state index in [0.717, 1.165) is 16.5 Å². The molecule has 5 rings (SSSR count). The molecule has 0 N–H and O–H groups in total. The lowest BCUT2D eigenvalue weighted by Gasteiger charge is -2.39. The van der Waals surface area contributed by atoms with Crippen LogP contribution < -0.4 is 0 Å². The van der Waals surface area contributed by atoms with Crippen molar-refractivity contribution >= 4 is 22.8 Å². The smallest absolute Gasteiger partial charge is 0.416 e. The highest BCUT2D eigenvalue weighted by Crippen LogP contribution is 2.37. The Morgan fingerprint density at radius 2 is 1.48 bits per heavy atom. The molecule has 1 fully saturated rings. The number of halogens is 6. The molecule has 4 aromatic rings. The molecule has 1 saturated heterocycles. The largest absolute Gasteiger partial charge is 0.458 e. The van der Waals surface area contributed by atoms with Crippen LogP contribution in [0.2, 0.25) is 0 Å². The summed E-state index contributed by atoms with van der Waals surface area (Å²) < 4.78 is 88.4. The van der Waals surface area contributed by atoms with Crippen molar-refractivity contribution < 1.29 is 40.7 Å². The number of alkyl halides is 6. The van der Waals surface area contributed by atoms with E-state index in [2.05, 4.69) is 0 Å². The van der Waals surface area contributed by atoms with Gasteiger partial charge in [0.2, 0.25) is 0 Å². The minimum absolute atomic E-state index is 0.00305. The summed E-state index contributed by atoms with van der Waals surface area (Å²) in [6.07, 6.45) is -10.2. The molecule has 11 heteroatoms. The average molecular weight is 589 g/mol. The second kappa shape index (κ2) is 11.2. The molecular weight excluding hydrogens is 562 g/mol. The van der Waals surface area contributed by atoms with Crippen LogP contribution in [-0.4, -0.2) is 40.0 Å². The Hall–Kier alpha value is -4.28. The first-order chi connectivity index (χ1) is 19.8. The van der Waals surface area contributed by atoms with E-state index in [1.54, 1.807) is 48.0 Å². The number of hydrogen-bond donors (Lipinski definition) is 0. The van der Waals surface area contributed by atoms with Crippen molar-refractivity contribution in [1.29, 1.82) is 0 Å². The van der Waals surface area contributed by atoms with Gasteiger partial charge in [0.1, 0.15) is 11.8 Å². The molecule has 0 bridgehead atoms. The summed E-state index contributed by atoms with van der Waals surface area (Å²) in [6.45, 7) is -0.0268. The number of nitrogens with zero attached hydrogens (tertiary/aromatic N) is 2. The lowest BCUT2D eigenvalue weighted by atomic mass is 9.92. The number of ether oxygens (including phenoxy) is 1. The number of hydrogen-bond acceptors (Lipinski definition) is 3. The third-order valence-corrected chi connectivity index (χ3v) is 7.51. The van der Waals surface area contributed by atoms with Gasteiger partial charge in [-0.1, -0.05) is 48.5 Å². The van der Waals surface area contributed by atoms with E-state index >= 15 is 0 Å². The molecule has 0 saturated carbocycles. The highest BCUT2D eigenvalue weighted by atomic mass is 19.4. The zero-order valence-electron chi connectivity index (χ0n) is 22.4. The summed E-state index contributed by atoms with van der Waals surface area (Å²) in [5.74, 6) is -1.52. The number of esters is 1. The molecular formula is C31H26F6N2O3. The monoisotopic (exact) mass is 588 g/mol. The molecule has 1 aliphatic rings. The van der Waals surface area contributed by atoms with E-state index in [-0.39, 0.29) is 31.9 Å². The number of aromatic nitrogens is 1. The third-order valence-electron chi connectivity index (χ3n) is 7.51. The number of aryl methyl sites for hydroxylation is 1. The Bertz CT molecular complexity index is 1580. The zero-order valence-corrected chi connectivity index (χ0v) is 22.4. The van der Waals surface area contributed by atoms with Gasteiger partial charge in [-0.15, -0.1) is 0 Å². The molecule has 0 unspecified atom stereocenters. The van der Waals surface area contributed by atoms with Gasteiger partial charge >= 0.3 is 18.3 Å². The van der Waals surface area contributed by atoms with Crippen molar-refractivity contribution in [3.8, 4) is 0 Å². The Labute approximate surface area is 237 Å². The van der Waals surface area contributed by atoms with Gasteiger partial charge in [0.15, 0.2) is 0 Å². The molecule has 3 aromatic carbocycles. The maximum absolute atomic E-state index is 13.5. The van der Waals surface area contributed by atoms with Gasteiger partial charge in [0.05, 0.1) is 11.1 Å². The van der Waals surface area contributed by atoms with E-state index in [9.17, 15) is 35.9 Å². The number of benzene rings is 3. The van der Waals surface area contributed by atoms with Crippen molar-refractivity contribution in [2.24, 2.45) is 7.05 Å². The number of likely N-dealkylation sites (tertiary alicyclic amines) is 1. The molecule has 0 radical (unpaired) electrons. The van der Waals surface area contributed by atoms with Gasteiger partial charge < -0.3 is 14.2 Å². The second-order valence-corrected chi connectivity index (χ2v) is 10.3. The Kier molecular flexibility index (Phi) is 7.78. The Morgan fingerprint density at radius 1 is 0.857 bits per heavy atom. The second-order valence-electron chi connectivity index (χ2n) is 10.3. The number of carbonyl (C=O) groups excluding carboxylic acids is 2. The van der Waals surface area contributed by atoms with Crippen molar-refractivity contribution in [2.45, 2.75) is 43.8 Å². The lowest BCUT2D eigenvalue weighted by molar-refractivity contribution is -0.143. The van der Waals surface area contributed by atoms with E-state index < -0.39 is 53.1 Å². The van der Waals surface area contributed by atoms with Crippen LogP contribution >= 0.6 is 0 Å². The van der Waals surface area contributed by atoms with Crippen LogP contribution in [0.5, 0.6) is 0 Å². The van der Waals surface area contributed by atoms with Gasteiger partial charge in [0.25, 0.3) is 5.91 Å². The van der Waals surface area contributed by atoms with Gasteiger partial charge in [0, 0.05) is 48.9 Å². The number of amides is 1. The zero-order chi connectivity index (χ0) is 30.2. The number of carbonyl (C=O) groups is 2. The van der Waals surface area contributed by atoms with Gasteiger partial charge in [-0.05, 0) is 42.3 Å². The molecule has 1 aliphatic heterocycles. The van der Waals surface area contributed by atoms with Crippen LogP contribution in [0.4, 0.5) is 26.3 Å². The first-order valence-corrected chi connectivity index (χ1v) is 13.2. The molecule has 5 nitrogen and oxygen atoms in total. The molecule has 1 aromatic heterocycles. The van der Waals surface area contributed by atoms with Crippen molar-refractivity contribution in [3.05, 3.63) is 107 Å².